The lowest BCUT2D eigenvalue weighted by molar-refractivity contribution is 0.523. The molecule has 0 radical (unpaired) electrons. The summed E-state index contributed by atoms with van der Waals surface area (Å²) in [4.78, 5) is 0. The number of hydrogen-bond acceptors (Lipinski definition) is 1. The average molecular weight is 235 g/mol. The highest BCUT2D eigenvalue weighted by molar-refractivity contribution is 5.21. The molecule has 0 amide bonds. The van der Waals surface area contributed by atoms with Gasteiger partial charge in [0.05, 0.1) is 0 Å². The molecule has 0 aliphatic heterocycles. The Morgan fingerprint density at radius 1 is 1.41 bits per heavy atom. The number of hydrogen-bond donors (Lipinski definition) is 1. The van der Waals surface area contributed by atoms with Gasteiger partial charge in [0.15, 0.2) is 0 Å². The van der Waals surface area contributed by atoms with E-state index in [9.17, 15) is 4.39 Å². The van der Waals surface area contributed by atoms with Crippen molar-refractivity contribution < 1.29 is 4.39 Å². The van der Waals surface area contributed by atoms with Gasteiger partial charge in [0.2, 0.25) is 0 Å². The van der Waals surface area contributed by atoms with E-state index < -0.39 is 0 Å². The van der Waals surface area contributed by atoms with Crippen LogP contribution < -0.4 is 5.32 Å². The fourth-order valence-electron chi connectivity index (χ4n) is 2.19. The number of rotatable bonds is 7. The van der Waals surface area contributed by atoms with Crippen molar-refractivity contribution in [1.82, 2.24) is 5.32 Å². The molecule has 1 N–H and O–H groups in total. The molecule has 0 aromatic heterocycles. The summed E-state index contributed by atoms with van der Waals surface area (Å²) in [6.07, 6.45) is 6.19. The van der Waals surface area contributed by atoms with Gasteiger partial charge >= 0.3 is 0 Å². The largest absolute Gasteiger partial charge is 0.313 e. The Kier molecular flexibility index (Phi) is 4.55. The van der Waals surface area contributed by atoms with Crippen molar-refractivity contribution in [3.8, 4) is 0 Å². The molecule has 1 saturated carbocycles. The molecule has 1 aliphatic carbocycles. The predicted octanol–water partition coefficient (Wildman–Crippen LogP) is 3.85. The van der Waals surface area contributed by atoms with Crippen LogP contribution >= 0.6 is 0 Å². The fourth-order valence-corrected chi connectivity index (χ4v) is 2.19. The number of unbranched alkanes of at least 4 members (excludes halogenated alkanes) is 1. The van der Waals surface area contributed by atoms with Gasteiger partial charge in [-0.2, -0.15) is 0 Å². The molecule has 1 aromatic carbocycles. The molecule has 1 unspecified atom stereocenters. The summed E-state index contributed by atoms with van der Waals surface area (Å²) in [5.74, 6) is 0.349. The van der Waals surface area contributed by atoms with Gasteiger partial charge in [0.1, 0.15) is 5.82 Å². The highest BCUT2D eigenvalue weighted by Gasteiger charge is 2.22. The van der Waals surface area contributed by atoms with E-state index in [1.165, 1.54) is 31.7 Å². The van der Waals surface area contributed by atoms with Crippen LogP contribution in [0.25, 0.3) is 0 Å². The summed E-state index contributed by atoms with van der Waals surface area (Å²) in [7, 11) is 0. The van der Waals surface area contributed by atoms with E-state index in [1.54, 1.807) is 6.07 Å². The minimum Gasteiger partial charge on any atom is -0.313 e. The molecule has 0 spiro atoms. The number of benzene rings is 1. The van der Waals surface area contributed by atoms with Crippen LogP contribution in [0, 0.1) is 5.82 Å². The molecule has 1 aliphatic rings. The second-order valence-electron chi connectivity index (χ2n) is 5.08. The third-order valence-electron chi connectivity index (χ3n) is 3.46. The molecule has 1 fully saturated rings. The predicted molar refractivity (Wildman–Crippen MR) is 69.7 cm³/mol. The first-order valence-electron chi connectivity index (χ1n) is 6.78. The van der Waals surface area contributed by atoms with E-state index in [-0.39, 0.29) is 5.82 Å². The van der Waals surface area contributed by atoms with Gasteiger partial charge in [-0.3, -0.25) is 0 Å². The lowest BCUT2D eigenvalue weighted by Crippen LogP contribution is -2.23. The van der Waals surface area contributed by atoms with Crippen molar-refractivity contribution in [2.24, 2.45) is 0 Å². The van der Waals surface area contributed by atoms with Gasteiger partial charge < -0.3 is 5.32 Å². The molecule has 1 atom stereocenters. The minimum atomic E-state index is -0.115. The van der Waals surface area contributed by atoms with Crippen LogP contribution in [0.1, 0.15) is 50.5 Å². The Hall–Kier alpha value is -0.890. The summed E-state index contributed by atoms with van der Waals surface area (Å²) in [5, 5.41) is 3.56. The zero-order valence-electron chi connectivity index (χ0n) is 10.6. The van der Waals surface area contributed by atoms with E-state index in [2.05, 4.69) is 18.3 Å². The monoisotopic (exact) mass is 235 g/mol. The zero-order chi connectivity index (χ0) is 12.1. The molecule has 0 saturated heterocycles. The van der Waals surface area contributed by atoms with Crippen molar-refractivity contribution in [3.63, 3.8) is 0 Å². The topological polar surface area (TPSA) is 12.0 Å². The average Bonchev–Trinajstić information content (AvgIpc) is 3.13. The first-order chi connectivity index (χ1) is 8.29. The van der Waals surface area contributed by atoms with Gasteiger partial charge in [-0.25, -0.2) is 4.39 Å². The normalized spacial score (nSPS) is 17.1. The summed E-state index contributed by atoms with van der Waals surface area (Å²) in [5.41, 5.74) is 1.15. The van der Waals surface area contributed by atoms with Gasteiger partial charge in [0.25, 0.3) is 0 Å². The lowest BCUT2D eigenvalue weighted by Gasteiger charge is -2.18. The zero-order valence-corrected chi connectivity index (χ0v) is 10.6. The number of nitrogens with one attached hydrogen (secondary N) is 1. The Bertz CT molecular complexity index is 347. The third-order valence-corrected chi connectivity index (χ3v) is 3.46. The lowest BCUT2D eigenvalue weighted by atomic mass is 9.93. The van der Waals surface area contributed by atoms with Crippen LogP contribution in [-0.4, -0.2) is 12.6 Å². The second-order valence-corrected chi connectivity index (χ2v) is 5.08. The molecule has 17 heavy (non-hydrogen) atoms. The number of halogens is 1. The van der Waals surface area contributed by atoms with Crippen molar-refractivity contribution in [3.05, 3.63) is 35.6 Å². The molecule has 1 nitrogen and oxygen atoms in total. The van der Waals surface area contributed by atoms with Crippen LogP contribution in [0.2, 0.25) is 0 Å². The van der Waals surface area contributed by atoms with Gasteiger partial charge in [-0.15, -0.1) is 0 Å². The molecule has 0 heterocycles. The summed E-state index contributed by atoms with van der Waals surface area (Å²) >= 11 is 0. The highest BCUT2D eigenvalue weighted by Crippen LogP contribution is 2.25. The SMILES string of the molecule is CCCCC(CNC1CC1)c1cccc(F)c1. The Labute approximate surface area is 103 Å². The molecule has 2 heteroatoms. The van der Waals surface area contributed by atoms with Gasteiger partial charge in [0, 0.05) is 12.6 Å². The van der Waals surface area contributed by atoms with E-state index in [0.717, 1.165) is 24.6 Å². The third kappa shape index (κ3) is 4.12. The van der Waals surface area contributed by atoms with E-state index in [0.29, 0.717) is 5.92 Å². The van der Waals surface area contributed by atoms with E-state index >= 15 is 0 Å². The minimum absolute atomic E-state index is 0.115. The second kappa shape index (κ2) is 6.15. The molecule has 0 bridgehead atoms. The molecule has 2 rings (SSSR count). The Morgan fingerprint density at radius 2 is 2.24 bits per heavy atom. The van der Waals surface area contributed by atoms with Crippen molar-refractivity contribution in [2.45, 2.75) is 51.0 Å². The van der Waals surface area contributed by atoms with Gasteiger partial charge in [-0.1, -0.05) is 31.9 Å². The van der Waals surface area contributed by atoms with Crippen molar-refractivity contribution in [2.75, 3.05) is 6.54 Å². The smallest absolute Gasteiger partial charge is 0.123 e. The first kappa shape index (κ1) is 12.6. The highest BCUT2D eigenvalue weighted by atomic mass is 19.1. The van der Waals surface area contributed by atoms with Crippen LogP contribution in [0.4, 0.5) is 4.39 Å². The maximum atomic E-state index is 13.2. The van der Waals surface area contributed by atoms with Crippen LogP contribution in [0.5, 0.6) is 0 Å². The van der Waals surface area contributed by atoms with Gasteiger partial charge in [-0.05, 0) is 42.9 Å². The van der Waals surface area contributed by atoms with Crippen molar-refractivity contribution >= 4 is 0 Å². The standard InChI is InChI=1S/C15H22FN/c1-2-3-5-13(11-17-15-8-9-15)12-6-4-7-14(16)10-12/h4,6-7,10,13,15,17H,2-3,5,8-9,11H2,1H3. The molecular formula is C15H22FN. The van der Waals surface area contributed by atoms with E-state index in [4.69, 9.17) is 0 Å². The van der Waals surface area contributed by atoms with Crippen LogP contribution in [0.3, 0.4) is 0 Å². The quantitative estimate of drug-likeness (QED) is 0.757. The maximum absolute atomic E-state index is 13.2. The summed E-state index contributed by atoms with van der Waals surface area (Å²) < 4.78 is 13.2. The summed E-state index contributed by atoms with van der Waals surface area (Å²) in [6, 6.07) is 7.81. The molecular weight excluding hydrogens is 213 g/mol. The fraction of sp³-hybridized carbons (Fsp3) is 0.600. The maximum Gasteiger partial charge on any atom is 0.123 e. The first-order valence-corrected chi connectivity index (χ1v) is 6.78. The summed E-state index contributed by atoms with van der Waals surface area (Å²) in [6.45, 7) is 3.20. The Balaban J connectivity index is 1.96. The van der Waals surface area contributed by atoms with Crippen molar-refractivity contribution in [1.29, 1.82) is 0 Å². The molecule has 94 valence electrons. The van der Waals surface area contributed by atoms with Crippen LogP contribution in [-0.2, 0) is 0 Å². The van der Waals surface area contributed by atoms with Crippen LogP contribution in [0.15, 0.2) is 24.3 Å². The van der Waals surface area contributed by atoms with E-state index in [1.807, 2.05) is 6.07 Å². The molecule has 1 aromatic rings. The Morgan fingerprint density at radius 3 is 2.88 bits per heavy atom.